The first kappa shape index (κ1) is 13.9. The van der Waals surface area contributed by atoms with Crippen molar-refractivity contribution in [3.8, 4) is 0 Å². The minimum absolute atomic E-state index is 0.0274. The van der Waals surface area contributed by atoms with Crippen molar-refractivity contribution in [1.29, 1.82) is 0 Å². The van der Waals surface area contributed by atoms with Gasteiger partial charge >= 0.3 is 0 Å². The number of rotatable bonds is 4. The quantitative estimate of drug-likeness (QED) is 0.859. The molecule has 0 radical (unpaired) electrons. The minimum Gasteiger partial charge on any atom is -0.324 e. The predicted octanol–water partition coefficient (Wildman–Crippen LogP) is 1.65. The van der Waals surface area contributed by atoms with Crippen molar-refractivity contribution in [2.45, 2.75) is 27.3 Å². The highest BCUT2D eigenvalue weighted by atomic mass is 16.2. The molecule has 1 N–H and O–H groups in total. The summed E-state index contributed by atoms with van der Waals surface area (Å²) >= 11 is 0. The first-order chi connectivity index (χ1) is 9.51. The van der Waals surface area contributed by atoms with Crippen LogP contribution in [0, 0.1) is 20.8 Å². The molecule has 1 heterocycles. The highest BCUT2D eigenvalue weighted by Crippen LogP contribution is 2.14. The maximum absolute atomic E-state index is 11.9. The highest BCUT2D eigenvalue weighted by Gasteiger charge is 2.11. The van der Waals surface area contributed by atoms with E-state index in [-0.39, 0.29) is 18.1 Å². The molecule has 104 valence electrons. The van der Waals surface area contributed by atoms with E-state index in [1.807, 2.05) is 32.0 Å². The Hall–Kier alpha value is -2.50. The van der Waals surface area contributed by atoms with Crippen molar-refractivity contribution in [2.75, 3.05) is 5.32 Å². The molecule has 6 nitrogen and oxygen atoms in total. The number of aryl methyl sites for hydroxylation is 2. The maximum atomic E-state index is 11.9. The second kappa shape index (κ2) is 5.64. The fourth-order valence-corrected chi connectivity index (χ4v) is 1.79. The number of hydrogen-bond acceptors (Lipinski definition) is 4. The van der Waals surface area contributed by atoms with Gasteiger partial charge in [-0.15, -0.1) is 5.10 Å². The zero-order chi connectivity index (χ0) is 14.7. The Bertz CT molecular complexity index is 661. The Labute approximate surface area is 116 Å². The van der Waals surface area contributed by atoms with E-state index < -0.39 is 0 Å². The molecule has 2 rings (SSSR count). The normalized spacial score (nSPS) is 10.3. The summed E-state index contributed by atoms with van der Waals surface area (Å²) in [5.74, 6) is -0.210. The van der Waals surface area contributed by atoms with Crippen LogP contribution in [0.25, 0.3) is 0 Å². The third-order valence-corrected chi connectivity index (χ3v) is 3.21. The molecule has 0 aliphatic heterocycles. The van der Waals surface area contributed by atoms with E-state index in [1.54, 1.807) is 6.92 Å². The molecule has 0 aliphatic rings. The molecule has 2 aromatic rings. The number of nitrogens with one attached hydrogen (secondary N) is 1. The van der Waals surface area contributed by atoms with Gasteiger partial charge in [0, 0.05) is 5.69 Å². The Morgan fingerprint density at radius 3 is 2.65 bits per heavy atom. The summed E-state index contributed by atoms with van der Waals surface area (Å²) in [5.41, 5.74) is 3.86. The van der Waals surface area contributed by atoms with Gasteiger partial charge in [0.2, 0.25) is 5.91 Å². The van der Waals surface area contributed by atoms with Crippen molar-refractivity contribution in [2.24, 2.45) is 0 Å². The zero-order valence-electron chi connectivity index (χ0n) is 11.7. The third-order valence-electron chi connectivity index (χ3n) is 3.21. The highest BCUT2D eigenvalue weighted by molar-refractivity contribution is 5.90. The van der Waals surface area contributed by atoms with Crippen LogP contribution in [0.4, 0.5) is 5.69 Å². The van der Waals surface area contributed by atoms with Crippen molar-refractivity contribution in [3.05, 3.63) is 40.7 Å². The molecule has 0 spiro atoms. The van der Waals surface area contributed by atoms with Gasteiger partial charge < -0.3 is 5.32 Å². The number of anilines is 1. The Kier molecular flexibility index (Phi) is 3.93. The SMILES string of the molecule is Cc1ccc(NC(=O)Cn2nnc(C=O)c2C)cc1C. The van der Waals surface area contributed by atoms with Crippen LogP contribution in [-0.2, 0) is 11.3 Å². The smallest absolute Gasteiger partial charge is 0.246 e. The van der Waals surface area contributed by atoms with Gasteiger partial charge in [0.1, 0.15) is 12.2 Å². The number of carbonyl (C=O) groups is 2. The van der Waals surface area contributed by atoms with Gasteiger partial charge in [-0.1, -0.05) is 11.3 Å². The zero-order valence-corrected chi connectivity index (χ0v) is 11.7. The van der Waals surface area contributed by atoms with Crippen LogP contribution in [0.15, 0.2) is 18.2 Å². The van der Waals surface area contributed by atoms with Gasteiger partial charge in [0.15, 0.2) is 6.29 Å². The molecule has 0 saturated carbocycles. The summed E-state index contributed by atoms with van der Waals surface area (Å²) in [6.45, 7) is 5.73. The molecule has 0 bridgehead atoms. The summed E-state index contributed by atoms with van der Waals surface area (Å²) in [4.78, 5) is 22.6. The average Bonchev–Trinajstić information content (AvgIpc) is 2.75. The maximum Gasteiger partial charge on any atom is 0.246 e. The number of aldehydes is 1. The van der Waals surface area contributed by atoms with E-state index in [1.165, 1.54) is 10.2 Å². The molecule has 1 amide bonds. The molecule has 0 fully saturated rings. The van der Waals surface area contributed by atoms with E-state index >= 15 is 0 Å². The van der Waals surface area contributed by atoms with E-state index in [9.17, 15) is 9.59 Å². The fraction of sp³-hybridized carbons (Fsp3) is 0.286. The molecule has 1 aromatic carbocycles. The topological polar surface area (TPSA) is 76.9 Å². The lowest BCUT2D eigenvalue weighted by molar-refractivity contribution is -0.117. The summed E-state index contributed by atoms with van der Waals surface area (Å²) in [7, 11) is 0. The average molecular weight is 272 g/mol. The van der Waals surface area contributed by atoms with Crippen LogP contribution in [0.3, 0.4) is 0 Å². The molecule has 1 aromatic heterocycles. The van der Waals surface area contributed by atoms with Crippen LogP contribution in [0.5, 0.6) is 0 Å². The minimum atomic E-state index is -0.210. The Morgan fingerprint density at radius 2 is 2.05 bits per heavy atom. The first-order valence-corrected chi connectivity index (χ1v) is 6.23. The number of carbonyl (C=O) groups excluding carboxylic acids is 2. The summed E-state index contributed by atoms with van der Waals surface area (Å²) in [6, 6.07) is 5.72. The molecule has 6 heteroatoms. The van der Waals surface area contributed by atoms with E-state index in [2.05, 4.69) is 15.6 Å². The molecular formula is C14H16N4O2. The van der Waals surface area contributed by atoms with Crippen LogP contribution < -0.4 is 5.32 Å². The van der Waals surface area contributed by atoms with Gasteiger partial charge in [0.05, 0.1) is 5.69 Å². The molecular weight excluding hydrogens is 256 g/mol. The van der Waals surface area contributed by atoms with E-state index in [0.29, 0.717) is 12.0 Å². The van der Waals surface area contributed by atoms with E-state index in [4.69, 9.17) is 0 Å². The Morgan fingerprint density at radius 1 is 1.30 bits per heavy atom. The molecule has 20 heavy (non-hydrogen) atoms. The van der Waals surface area contributed by atoms with E-state index in [0.717, 1.165) is 11.3 Å². The van der Waals surface area contributed by atoms with Crippen LogP contribution in [-0.4, -0.2) is 27.2 Å². The molecule has 0 aliphatic carbocycles. The lowest BCUT2D eigenvalue weighted by Crippen LogP contribution is -2.20. The van der Waals surface area contributed by atoms with Crippen LogP contribution in [0.1, 0.15) is 27.3 Å². The van der Waals surface area contributed by atoms with Crippen LogP contribution in [0.2, 0.25) is 0 Å². The second-order valence-electron chi connectivity index (χ2n) is 4.68. The third kappa shape index (κ3) is 2.90. The number of amides is 1. The van der Waals surface area contributed by atoms with Crippen molar-refractivity contribution < 1.29 is 9.59 Å². The summed E-state index contributed by atoms with van der Waals surface area (Å²) in [5, 5.41) is 10.3. The Balaban J connectivity index is 2.06. The molecule has 0 unspecified atom stereocenters. The standard InChI is InChI=1S/C14H16N4O2/c1-9-4-5-12(6-10(9)2)15-14(20)7-18-11(3)13(8-19)16-17-18/h4-6,8H,7H2,1-3H3,(H,15,20). The van der Waals surface area contributed by atoms with Gasteiger partial charge in [0.25, 0.3) is 0 Å². The second-order valence-corrected chi connectivity index (χ2v) is 4.68. The van der Waals surface area contributed by atoms with Gasteiger partial charge in [-0.2, -0.15) is 0 Å². The number of benzene rings is 1. The number of nitrogens with zero attached hydrogens (tertiary/aromatic N) is 3. The largest absolute Gasteiger partial charge is 0.324 e. The lowest BCUT2D eigenvalue weighted by atomic mass is 10.1. The van der Waals surface area contributed by atoms with Crippen molar-refractivity contribution >= 4 is 17.9 Å². The molecule has 0 saturated heterocycles. The van der Waals surface area contributed by atoms with Gasteiger partial charge in [-0.3, -0.25) is 9.59 Å². The first-order valence-electron chi connectivity index (χ1n) is 6.23. The van der Waals surface area contributed by atoms with Gasteiger partial charge in [-0.25, -0.2) is 4.68 Å². The monoisotopic (exact) mass is 272 g/mol. The van der Waals surface area contributed by atoms with Gasteiger partial charge in [-0.05, 0) is 44.0 Å². The van der Waals surface area contributed by atoms with Crippen LogP contribution >= 0.6 is 0 Å². The number of aromatic nitrogens is 3. The van der Waals surface area contributed by atoms with Crippen molar-refractivity contribution in [3.63, 3.8) is 0 Å². The predicted molar refractivity (Wildman–Crippen MR) is 74.7 cm³/mol. The lowest BCUT2D eigenvalue weighted by Gasteiger charge is -2.08. The number of hydrogen-bond donors (Lipinski definition) is 1. The fourth-order valence-electron chi connectivity index (χ4n) is 1.79. The molecule has 0 atom stereocenters. The summed E-state index contributed by atoms with van der Waals surface area (Å²) < 4.78 is 1.40. The summed E-state index contributed by atoms with van der Waals surface area (Å²) in [6.07, 6.45) is 0.625. The van der Waals surface area contributed by atoms with Crippen molar-refractivity contribution in [1.82, 2.24) is 15.0 Å².